The maximum absolute atomic E-state index is 14.2. The SMILES string of the molecule is CC[C@H]1CC[C@@H](Oc2ccc3nc(NN4C5CCCC4CC(C(=O)OC)C5)ccc3c2C(F)(F)F)CC1. The number of hydrogen-bond donors (Lipinski definition) is 1. The van der Waals surface area contributed by atoms with E-state index in [-0.39, 0.29) is 46.7 Å². The number of nitrogens with one attached hydrogen (secondary N) is 1. The highest BCUT2D eigenvalue weighted by Crippen LogP contribution is 2.43. The Morgan fingerprint density at radius 1 is 1.05 bits per heavy atom. The standard InChI is InChI=1S/C28H36F3N3O3/c1-3-17-7-9-21(10-8-17)37-24-13-12-23-22(26(24)28(29,30)31)11-14-25(32-23)33-34-19-5-4-6-20(34)16-18(15-19)27(35)36-2/h11-14,17-21H,3-10,15-16H2,1-2H3,(H,32,33)/t17-,18?,19?,20?,21+. The molecule has 3 fully saturated rings. The molecule has 2 saturated heterocycles. The van der Waals surface area contributed by atoms with Crippen LogP contribution in [0.3, 0.4) is 0 Å². The summed E-state index contributed by atoms with van der Waals surface area (Å²) in [5, 5.41) is 2.19. The number of piperidine rings is 2. The molecule has 2 atom stereocenters. The summed E-state index contributed by atoms with van der Waals surface area (Å²) in [4.78, 5) is 16.7. The van der Waals surface area contributed by atoms with Crippen LogP contribution in [0.15, 0.2) is 24.3 Å². The van der Waals surface area contributed by atoms with Gasteiger partial charge >= 0.3 is 12.1 Å². The number of carbonyl (C=O) groups excluding carboxylic acids is 1. The molecule has 1 aromatic heterocycles. The molecule has 0 radical (unpaired) electrons. The van der Waals surface area contributed by atoms with Gasteiger partial charge in [-0.15, -0.1) is 0 Å². The predicted octanol–water partition coefficient (Wildman–Crippen LogP) is 6.73. The van der Waals surface area contributed by atoms with Crippen LogP contribution in [-0.4, -0.2) is 41.3 Å². The zero-order valence-corrected chi connectivity index (χ0v) is 21.5. The van der Waals surface area contributed by atoms with Gasteiger partial charge in [-0.25, -0.2) is 9.99 Å². The highest BCUT2D eigenvalue weighted by molar-refractivity contribution is 5.86. The molecule has 1 aromatic carbocycles. The van der Waals surface area contributed by atoms with Crippen LogP contribution in [0.25, 0.3) is 10.9 Å². The fraction of sp³-hybridized carbons (Fsp3) is 0.643. The lowest BCUT2D eigenvalue weighted by atomic mass is 9.79. The number of fused-ring (bicyclic) bond motifs is 3. The second-order valence-corrected chi connectivity index (χ2v) is 10.8. The van der Waals surface area contributed by atoms with Gasteiger partial charge < -0.3 is 14.9 Å². The smallest absolute Gasteiger partial charge is 0.420 e. The molecule has 37 heavy (non-hydrogen) atoms. The van der Waals surface area contributed by atoms with Crippen molar-refractivity contribution in [3.05, 3.63) is 29.8 Å². The minimum Gasteiger partial charge on any atom is -0.490 e. The molecule has 2 aromatic rings. The van der Waals surface area contributed by atoms with Crippen LogP contribution in [0.5, 0.6) is 5.75 Å². The summed E-state index contributed by atoms with van der Waals surface area (Å²) in [5.74, 6) is 0.742. The van der Waals surface area contributed by atoms with Crippen LogP contribution >= 0.6 is 0 Å². The van der Waals surface area contributed by atoms with Crippen molar-refractivity contribution in [2.75, 3.05) is 12.5 Å². The summed E-state index contributed by atoms with van der Waals surface area (Å²) in [6.45, 7) is 2.16. The largest absolute Gasteiger partial charge is 0.490 e. The first-order chi connectivity index (χ1) is 17.8. The average molecular weight is 520 g/mol. The number of ether oxygens (including phenoxy) is 2. The summed E-state index contributed by atoms with van der Waals surface area (Å²) in [7, 11) is 1.42. The minimum absolute atomic E-state index is 0.0439. The summed E-state index contributed by atoms with van der Waals surface area (Å²) < 4.78 is 53.6. The van der Waals surface area contributed by atoms with Gasteiger partial charge in [0.2, 0.25) is 0 Å². The van der Waals surface area contributed by atoms with Gasteiger partial charge in [-0.05, 0) is 81.5 Å². The van der Waals surface area contributed by atoms with Crippen molar-refractivity contribution in [2.45, 2.75) is 95.5 Å². The van der Waals surface area contributed by atoms with E-state index in [1.807, 2.05) is 0 Å². The Morgan fingerprint density at radius 3 is 2.38 bits per heavy atom. The van der Waals surface area contributed by atoms with E-state index in [1.165, 1.54) is 19.2 Å². The lowest BCUT2D eigenvalue weighted by Gasteiger charge is -2.48. The van der Waals surface area contributed by atoms with Gasteiger partial charge in [0.05, 0.1) is 24.6 Å². The molecule has 6 nitrogen and oxygen atoms in total. The first-order valence-corrected chi connectivity index (χ1v) is 13.6. The molecule has 2 bridgehead atoms. The number of rotatable bonds is 6. The molecule has 1 aliphatic carbocycles. The zero-order valence-electron chi connectivity index (χ0n) is 21.5. The third-order valence-electron chi connectivity index (χ3n) is 8.53. The van der Waals surface area contributed by atoms with Crippen LogP contribution in [0.1, 0.15) is 76.7 Å². The second-order valence-electron chi connectivity index (χ2n) is 10.8. The third kappa shape index (κ3) is 5.52. The number of hydrazine groups is 1. The number of esters is 1. The van der Waals surface area contributed by atoms with E-state index >= 15 is 0 Å². The average Bonchev–Trinajstić information content (AvgIpc) is 2.87. The van der Waals surface area contributed by atoms with Gasteiger partial charge in [0.15, 0.2) is 0 Å². The molecule has 0 amide bonds. The van der Waals surface area contributed by atoms with Gasteiger partial charge in [-0.3, -0.25) is 4.79 Å². The topological polar surface area (TPSA) is 63.7 Å². The van der Waals surface area contributed by atoms with Crippen molar-refractivity contribution >= 4 is 22.7 Å². The van der Waals surface area contributed by atoms with Gasteiger partial charge in [0.1, 0.15) is 17.1 Å². The van der Waals surface area contributed by atoms with E-state index in [0.29, 0.717) is 24.6 Å². The Bertz CT molecular complexity index is 1100. The lowest BCUT2D eigenvalue weighted by molar-refractivity contribution is -0.149. The van der Waals surface area contributed by atoms with Crippen LogP contribution in [0, 0.1) is 11.8 Å². The monoisotopic (exact) mass is 519 g/mol. The number of methoxy groups -OCH3 is 1. The molecule has 3 aliphatic rings. The first-order valence-electron chi connectivity index (χ1n) is 13.6. The van der Waals surface area contributed by atoms with Crippen LogP contribution in [-0.2, 0) is 15.7 Å². The van der Waals surface area contributed by atoms with Crippen LogP contribution in [0.4, 0.5) is 19.0 Å². The number of nitrogens with zero attached hydrogens (tertiary/aromatic N) is 2. The number of aromatic nitrogens is 1. The Kier molecular flexibility index (Phi) is 7.52. The summed E-state index contributed by atoms with van der Waals surface area (Å²) in [6, 6.07) is 6.44. The van der Waals surface area contributed by atoms with Crippen molar-refractivity contribution in [1.29, 1.82) is 0 Å². The number of anilines is 1. The summed E-state index contributed by atoms with van der Waals surface area (Å²) in [6.07, 6.45) is 4.28. The molecular formula is C28H36F3N3O3. The van der Waals surface area contributed by atoms with Gasteiger partial charge in [-0.1, -0.05) is 19.8 Å². The Hall–Kier alpha value is -2.55. The molecular weight excluding hydrogens is 483 g/mol. The zero-order chi connectivity index (χ0) is 26.2. The van der Waals surface area contributed by atoms with Crippen LogP contribution in [0.2, 0.25) is 0 Å². The van der Waals surface area contributed by atoms with E-state index in [4.69, 9.17) is 9.47 Å². The summed E-state index contributed by atoms with van der Waals surface area (Å²) in [5.41, 5.74) is 2.88. The molecule has 2 unspecified atom stereocenters. The minimum atomic E-state index is -4.56. The van der Waals surface area contributed by atoms with E-state index < -0.39 is 11.7 Å². The fourth-order valence-corrected chi connectivity index (χ4v) is 6.53. The van der Waals surface area contributed by atoms with Gasteiger partial charge in [-0.2, -0.15) is 13.2 Å². The van der Waals surface area contributed by atoms with Crippen molar-refractivity contribution < 1.29 is 27.4 Å². The van der Waals surface area contributed by atoms with Crippen LogP contribution < -0.4 is 10.2 Å². The van der Waals surface area contributed by atoms with Crippen molar-refractivity contribution in [3.8, 4) is 5.75 Å². The molecule has 3 heterocycles. The third-order valence-corrected chi connectivity index (χ3v) is 8.53. The molecule has 5 rings (SSSR count). The summed E-state index contributed by atoms with van der Waals surface area (Å²) >= 11 is 0. The van der Waals surface area contributed by atoms with E-state index in [0.717, 1.165) is 51.4 Å². The van der Waals surface area contributed by atoms with E-state index in [1.54, 1.807) is 12.1 Å². The van der Waals surface area contributed by atoms with Crippen molar-refractivity contribution in [2.24, 2.45) is 11.8 Å². The number of hydrogen-bond acceptors (Lipinski definition) is 6. The van der Waals surface area contributed by atoms with E-state index in [9.17, 15) is 18.0 Å². The van der Waals surface area contributed by atoms with E-state index in [2.05, 4.69) is 22.3 Å². The molecule has 9 heteroatoms. The maximum Gasteiger partial charge on any atom is 0.420 e. The Morgan fingerprint density at radius 2 is 1.76 bits per heavy atom. The van der Waals surface area contributed by atoms with Crippen molar-refractivity contribution in [3.63, 3.8) is 0 Å². The number of alkyl halides is 3. The Balaban J connectivity index is 1.37. The quantitative estimate of drug-likeness (QED) is 0.427. The normalized spacial score (nSPS) is 28.6. The highest BCUT2D eigenvalue weighted by Gasteiger charge is 2.42. The molecule has 1 N–H and O–H groups in total. The van der Waals surface area contributed by atoms with Crippen molar-refractivity contribution in [1.82, 2.24) is 9.99 Å². The number of pyridine rings is 1. The van der Waals surface area contributed by atoms with Gasteiger partial charge in [0.25, 0.3) is 0 Å². The first kappa shape index (κ1) is 26.1. The molecule has 0 spiro atoms. The second kappa shape index (κ2) is 10.7. The lowest BCUT2D eigenvalue weighted by Crippen LogP contribution is -2.55. The number of benzene rings is 1. The highest BCUT2D eigenvalue weighted by atomic mass is 19.4. The number of carbonyl (C=O) groups is 1. The Labute approximate surface area is 215 Å². The maximum atomic E-state index is 14.2. The predicted molar refractivity (Wildman–Crippen MR) is 135 cm³/mol. The molecule has 2 aliphatic heterocycles. The molecule has 1 saturated carbocycles. The fourth-order valence-electron chi connectivity index (χ4n) is 6.53. The number of halogens is 3. The molecule has 202 valence electrons. The van der Waals surface area contributed by atoms with Gasteiger partial charge in [0, 0.05) is 17.5 Å².